The van der Waals surface area contributed by atoms with Crippen LogP contribution in [0, 0.1) is 0 Å². The second kappa shape index (κ2) is 6.32. The fraction of sp³-hybridized carbons (Fsp3) is 0.538. The summed E-state index contributed by atoms with van der Waals surface area (Å²) in [5.41, 5.74) is 0.961. The maximum Gasteiger partial charge on any atom is 0.240 e. The van der Waals surface area contributed by atoms with Crippen LogP contribution in [0.4, 0.5) is 0 Å². The van der Waals surface area contributed by atoms with Gasteiger partial charge in [-0.25, -0.2) is 4.98 Å². The Kier molecular flexibility index (Phi) is 4.74. The zero-order valence-corrected chi connectivity index (χ0v) is 12.0. The monoisotopic (exact) mass is 282 g/mol. The first-order chi connectivity index (χ1) is 9.09. The van der Waals surface area contributed by atoms with Crippen molar-refractivity contribution >= 4 is 17.5 Å². The summed E-state index contributed by atoms with van der Waals surface area (Å²) in [5.74, 6) is 0.118. The molecule has 0 radical (unpaired) electrons. The molecule has 1 N–H and O–H groups in total. The summed E-state index contributed by atoms with van der Waals surface area (Å²) in [6.45, 7) is 3.04. The predicted octanol–water partition coefficient (Wildman–Crippen LogP) is 0.597. The molecule has 2 heterocycles. The Hall–Kier alpha value is -1.17. The molecule has 1 fully saturated rings. The predicted molar refractivity (Wildman–Crippen MR) is 75.0 cm³/mol. The molecule has 1 saturated heterocycles. The summed E-state index contributed by atoms with van der Waals surface area (Å²) in [7, 11) is 3.57. The summed E-state index contributed by atoms with van der Waals surface area (Å²) < 4.78 is 0. The lowest BCUT2D eigenvalue weighted by molar-refractivity contribution is -0.135. The van der Waals surface area contributed by atoms with Gasteiger partial charge in [0.15, 0.2) is 0 Å². The molecule has 1 amide bonds. The Balaban J connectivity index is 2.12. The molecule has 0 spiro atoms. The summed E-state index contributed by atoms with van der Waals surface area (Å²) >= 11 is 6.08. The van der Waals surface area contributed by atoms with Crippen molar-refractivity contribution in [3.05, 3.63) is 29.0 Å². The SMILES string of the molecule is CN(C)C(=O)C1CNCCN1Cc1cccnc1Cl. The summed E-state index contributed by atoms with van der Waals surface area (Å²) in [6, 6.07) is 3.68. The summed E-state index contributed by atoms with van der Waals surface area (Å²) in [5, 5.41) is 3.77. The van der Waals surface area contributed by atoms with E-state index in [9.17, 15) is 4.79 Å². The zero-order chi connectivity index (χ0) is 13.8. The molecule has 2 rings (SSSR count). The number of carbonyl (C=O) groups is 1. The third kappa shape index (κ3) is 3.43. The van der Waals surface area contributed by atoms with Crippen molar-refractivity contribution in [3.8, 4) is 0 Å². The molecule has 104 valence electrons. The fourth-order valence-corrected chi connectivity index (χ4v) is 2.41. The molecule has 1 aromatic rings. The minimum atomic E-state index is -0.139. The van der Waals surface area contributed by atoms with Gasteiger partial charge < -0.3 is 10.2 Å². The Morgan fingerprint density at radius 2 is 2.42 bits per heavy atom. The molecule has 19 heavy (non-hydrogen) atoms. The van der Waals surface area contributed by atoms with Gasteiger partial charge in [-0.2, -0.15) is 0 Å². The van der Waals surface area contributed by atoms with Crippen molar-refractivity contribution in [2.24, 2.45) is 0 Å². The number of rotatable bonds is 3. The van der Waals surface area contributed by atoms with Gasteiger partial charge >= 0.3 is 0 Å². The first kappa shape index (κ1) is 14.2. The Morgan fingerprint density at radius 3 is 3.11 bits per heavy atom. The third-order valence-electron chi connectivity index (χ3n) is 3.29. The number of hydrogen-bond acceptors (Lipinski definition) is 4. The number of hydrogen-bond donors (Lipinski definition) is 1. The van der Waals surface area contributed by atoms with Gasteiger partial charge in [0.2, 0.25) is 5.91 Å². The van der Waals surface area contributed by atoms with Crippen LogP contribution in [0.5, 0.6) is 0 Å². The van der Waals surface area contributed by atoms with Crippen molar-refractivity contribution in [3.63, 3.8) is 0 Å². The molecule has 1 unspecified atom stereocenters. The number of piperazine rings is 1. The lowest BCUT2D eigenvalue weighted by Gasteiger charge is -2.36. The molecule has 1 aliphatic heterocycles. The summed E-state index contributed by atoms with van der Waals surface area (Å²) in [6.07, 6.45) is 1.67. The molecule has 0 aliphatic carbocycles. The molecule has 1 aliphatic rings. The highest BCUT2D eigenvalue weighted by molar-refractivity contribution is 6.30. The quantitative estimate of drug-likeness (QED) is 0.825. The largest absolute Gasteiger partial charge is 0.347 e. The standard InChI is InChI=1S/C13H19ClN4O/c1-17(2)13(19)11-8-15-6-7-18(11)9-10-4-3-5-16-12(10)14/h3-5,11,15H,6-9H2,1-2H3. The highest BCUT2D eigenvalue weighted by atomic mass is 35.5. The van der Waals surface area contributed by atoms with Crippen LogP contribution < -0.4 is 5.32 Å². The van der Waals surface area contributed by atoms with Gasteiger partial charge in [-0.1, -0.05) is 17.7 Å². The van der Waals surface area contributed by atoms with Gasteiger partial charge in [0.1, 0.15) is 11.2 Å². The first-order valence-corrected chi connectivity index (χ1v) is 6.72. The minimum Gasteiger partial charge on any atom is -0.347 e. The van der Waals surface area contributed by atoms with Gasteiger partial charge in [0.25, 0.3) is 0 Å². The number of pyridine rings is 1. The lowest BCUT2D eigenvalue weighted by Crippen LogP contribution is -2.57. The van der Waals surface area contributed by atoms with E-state index >= 15 is 0 Å². The van der Waals surface area contributed by atoms with Crippen molar-refractivity contribution in [2.75, 3.05) is 33.7 Å². The number of amides is 1. The Bertz CT molecular complexity index is 452. The smallest absolute Gasteiger partial charge is 0.240 e. The van der Waals surface area contributed by atoms with Crippen LogP contribution in [-0.4, -0.2) is 60.5 Å². The van der Waals surface area contributed by atoms with Crippen LogP contribution in [-0.2, 0) is 11.3 Å². The van der Waals surface area contributed by atoms with Crippen molar-refractivity contribution in [1.29, 1.82) is 0 Å². The molecule has 1 atom stereocenters. The van der Waals surface area contributed by atoms with Gasteiger partial charge in [-0.05, 0) is 6.07 Å². The highest BCUT2D eigenvalue weighted by Gasteiger charge is 2.29. The number of aromatic nitrogens is 1. The second-order valence-electron chi connectivity index (χ2n) is 4.88. The van der Waals surface area contributed by atoms with Crippen LogP contribution in [0.25, 0.3) is 0 Å². The van der Waals surface area contributed by atoms with E-state index in [-0.39, 0.29) is 11.9 Å². The van der Waals surface area contributed by atoms with Crippen molar-refractivity contribution in [1.82, 2.24) is 20.1 Å². The van der Waals surface area contributed by atoms with Gasteiger partial charge in [0, 0.05) is 52.0 Å². The molecule has 6 heteroatoms. The molecular formula is C13H19ClN4O. The van der Waals surface area contributed by atoms with Crippen LogP contribution in [0.1, 0.15) is 5.56 Å². The fourth-order valence-electron chi connectivity index (χ4n) is 2.23. The van der Waals surface area contributed by atoms with Gasteiger partial charge in [-0.3, -0.25) is 9.69 Å². The topological polar surface area (TPSA) is 48.5 Å². The molecule has 0 saturated carbocycles. The van der Waals surface area contributed by atoms with E-state index in [1.165, 1.54) is 0 Å². The molecule has 0 aromatic carbocycles. The zero-order valence-electron chi connectivity index (χ0n) is 11.3. The molecule has 0 bridgehead atoms. The van der Waals surface area contributed by atoms with Crippen molar-refractivity contribution < 1.29 is 4.79 Å². The van der Waals surface area contributed by atoms with E-state index in [0.717, 1.165) is 18.7 Å². The third-order valence-corrected chi connectivity index (χ3v) is 3.63. The van der Waals surface area contributed by atoms with E-state index in [1.807, 2.05) is 12.1 Å². The van der Waals surface area contributed by atoms with Crippen molar-refractivity contribution in [2.45, 2.75) is 12.6 Å². The Morgan fingerprint density at radius 1 is 1.63 bits per heavy atom. The van der Waals surface area contributed by atoms with E-state index in [0.29, 0.717) is 18.2 Å². The first-order valence-electron chi connectivity index (χ1n) is 6.35. The van der Waals surface area contributed by atoms with E-state index < -0.39 is 0 Å². The number of nitrogens with zero attached hydrogens (tertiary/aromatic N) is 3. The average Bonchev–Trinajstić information content (AvgIpc) is 2.41. The molecule has 5 nitrogen and oxygen atoms in total. The van der Waals surface area contributed by atoms with Crippen LogP contribution in [0.15, 0.2) is 18.3 Å². The van der Waals surface area contributed by atoms with Crippen LogP contribution >= 0.6 is 11.6 Å². The normalized spacial score (nSPS) is 20.3. The van der Waals surface area contributed by atoms with E-state index in [1.54, 1.807) is 25.2 Å². The lowest BCUT2D eigenvalue weighted by atomic mass is 10.1. The number of carbonyl (C=O) groups excluding carboxylic acids is 1. The minimum absolute atomic E-state index is 0.118. The number of likely N-dealkylation sites (N-methyl/N-ethyl adjacent to an activating group) is 1. The molecule has 1 aromatic heterocycles. The maximum atomic E-state index is 12.2. The van der Waals surface area contributed by atoms with E-state index in [2.05, 4.69) is 15.2 Å². The van der Waals surface area contributed by atoms with Crippen LogP contribution in [0.3, 0.4) is 0 Å². The van der Waals surface area contributed by atoms with Crippen LogP contribution in [0.2, 0.25) is 5.15 Å². The second-order valence-corrected chi connectivity index (χ2v) is 5.23. The van der Waals surface area contributed by atoms with E-state index in [4.69, 9.17) is 11.6 Å². The average molecular weight is 283 g/mol. The maximum absolute atomic E-state index is 12.2. The number of halogens is 1. The number of nitrogens with one attached hydrogen (secondary N) is 1. The summed E-state index contributed by atoms with van der Waals surface area (Å²) in [4.78, 5) is 20.0. The Labute approximate surface area is 118 Å². The van der Waals surface area contributed by atoms with Gasteiger partial charge in [-0.15, -0.1) is 0 Å². The highest BCUT2D eigenvalue weighted by Crippen LogP contribution is 2.17. The van der Waals surface area contributed by atoms with Gasteiger partial charge in [0.05, 0.1) is 0 Å². The molecular weight excluding hydrogens is 264 g/mol.